The highest BCUT2D eigenvalue weighted by Gasteiger charge is 2.22. The molecule has 0 spiro atoms. The molecule has 0 bridgehead atoms. The molecule has 9 heteroatoms. The van der Waals surface area contributed by atoms with E-state index in [-0.39, 0.29) is 12.5 Å². The monoisotopic (exact) mass is 675 g/mol. The highest BCUT2D eigenvalue weighted by atomic mass is 31.2. The lowest BCUT2D eigenvalue weighted by Gasteiger charge is -2.29. The molecule has 0 saturated heterocycles. The molecule has 46 heavy (non-hydrogen) atoms. The maximum atomic E-state index is 12.1. The third-order valence-corrected chi connectivity index (χ3v) is 9.50. The van der Waals surface area contributed by atoms with Crippen LogP contribution in [0.1, 0.15) is 168 Å². The van der Waals surface area contributed by atoms with E-state index in [4.69, 9.17) is 9.05 Å². The Morgan fingerprint density at radius 1 is 0.739 bits per heavy atom. The number of phosphoric ester groups is 1. The molecule has 3 atom stereocenters. The summed E-state index contributed by atoms with van der Waals surface area (Å²) < 4.78 is 22.5. The largest absolute Gasteiger partial charge is 0.756 e. The number of allylic oxidation sites excluding steroid dienone is 1. The van der Waals surface area contributed by atoms with Crippen molar-refractivity contribution in [1.29, 1.82) is 0 Å². The van der Waals surface area contributed by atoms with Gasteiger partial charge < -0.3 is 28.8 Å². The van der Waals surface area contributed by atoms with Gasteiger partial charge in [0.2, 0.25) is 5.91 Å². The summed E-state index contributed by atoms with van der Waals surface area (Å²) in [5.74, 6) is -0.373. The Kier molecular flexibility index (Phi) is 29.8. The minimum absolute atomic E-state index is 0.00288. The second-order valence-corrected chi connectivity index (χ2v) is 15.8. The number of nitrogens with zero attached hydrogens (tertiary/aromatic N) is 1. The molecule has 0 fully saturated rings. The lowest BCUT2D eigenvalue weighted by atomic mass is 10.0. The molecular formula is C37H75N2O6P. The van der Waals surface area contributed by atoms with Gasteiger partial charge in [-0.25, -0.2) is 0 Å². The van der Waals surface area contributed by atoms with Crippen molar-refractivity contribution < 1.29 is 32.9 Å². The van der Waals surface area contributed by atoms with Gasteiger partial charge in [-0.3, -0.25) is 9.36 Å². The van der Waals surface area contributed by atoms with Crippen molar-refractivity contribution in [2.24, 2.45) is 0 Å². The second kappa shape index (κ2) is 30.3. The van der Waals surface area contributed by atoms with Crippen LogP contribution >= 0.6 is 7.82 Å². The van der Waals surface area contributed by atoms with Crippen LogP contribution in [-0.2, 0) is 18.4 Å². The molecular weight excluding hydrogens is 599 g/mol. The number of hydrogen-bond donors (Lipinski definition) is 2. The normalized spacial score (nSPS) is 14.8. The predicted molar refractivity (Wildman–Crippen MR) is 192 cm³/mol. The minimum atomic E-state index is -4.53. The van der Waals surface area contributed by atoms with E-state index in [2.05, 4.69) is 12.2 Å². The van der Waals surface area contributed by atoms with E-state index in [1.807, 2.05) is 27.2 Å². The summed E-state index contributed by atoms with van der Waals surface area (Å²) in [4.78, 5) is 23.6. The Morgan fingerprint density at radius 3 is 1.50 bits per heavy atom. The first kappa shape index (κ1) is 45.2. The van der Waals surface area contributed by atoms with Gasteiger partial charge in [-0.1, -0.05) is 160 Å². The maximum absolute atomic E-state index is 12.1. The van der Waals surface area contributed by atoms with Gasteiger partial charge in [0.25, 0.3) is 7.82 Å². The molecule has 1 amide bonds. The SMILES string of the molecule is CCCCCCCCCCCCCCCCCCCCCCCCC/C=C/C(O)C(COP(=O)([O-])OCC[N+](C)(C)C)NC(C)=O. The van der Waals surface area contributed by atoms with Gasteiger partial charge in [0.1, 0.15) is 13.2 Å². The van der Waals surface area contributed by atoms with Gasteiger partial charge in [-0.2, -0.15) is 0 Å². The number of phosphoric acid groups is 1. The van der Waals surface area contributed by atoms with Gasteiger partial charge in [-0.15, -0.1) is 0 Å². The van der Waals surface area contributed by atoms with Crippen LogP contribution in [0.3, 0.4) is 0 Å². The lowest BCUT2D eigenvalue weighted by Crippen LogP contribution is -2.45. The summed E-state index contributed by atoms with van der Waals surface area (Å²) in [6, 6.07) is -0.882. The van der Waals surface area contributed by atoms with Crippen LogP contribution < -0.4 is 10.2 Å². The molecule has 0 aromatic carbocycles. The molecule has 274 valence electrons. The summed E-state index contributed by atoms with van der Waals surface area (Å²) in [6.07, 6.45) is 34.7. The Hall–Kier alpha value is -0.760. The van der Waals surface area contributed by atoms with E-state index >= 15 is 0 Å². The number of carbonyl (C=O) groups is 1. The zero-order chi connectivity index (χ0) is 34.4. The van der Waals surface area contributed by atoms with Crippen LogP contribution in [-0.4, -0.2) is 68.5 Å². The van der Waals surface area contributed by atoms with Crippen LogP contribution in [0.5, 0.6) is 0 Å². The minimum Gasteiger partial charge on any atom is -0.756 e. The van der Waals surface area contributed by atoms with Crippen LogP contribution in [0.15, 0.2) is 12.2 Å². The number of hydrogen-bond acceptors (Lipinski definition) is 6. The molecule has 3 unspecified atom stereocenters. The van der Waals surface area contributed by atoms with Crippen molar-refractivity contribution >= 4 is 13.7 Å². The molecule has 0 aromatic rings. The number of rotatable bonds is 34. The van der Waals surface area contributed by atoms with E-state index in [0.29, 0.717) is 11.0 Å². The van der Waals surface area contributed by atoms with Gasteiger partial charge in [-0.05, 0) is 12.8 Å². The van der Waals surface area contributed by atoms with Gasteiger partial charge in [0.15, 0.2) is 0 Å². The molecule has 8 nitrogen and oxygen atoms in total. The van der Waals surface area contributed by atoms with Crippen molar-refractivity contribution in [3.8, 4) is 0 Å². The number of carbonyl (C=O) groups excluding carboxylic acids is 1. The van der Waals surface area contributed by atoms with Gasteiger partial charge in [0.05, 0.1) is 39.9 Å². The molecule has 0 rings (SSSR count). The molecule has 2 N–H and O–H groups in total. The number of unbranched alkanes of at least 4 members (excludes halogenated alkanes) is 23. The van der Waals surface area contributed by atoms with Crippen LogP contribution in [0.4, 0.5) is 0 Å². The van der Waals surface area contributed by atoms with Crippen molar-refractivity contribution in [2.45, 2.75) is 180 Å². The maximum Gasteiger partial charge on any atom is 0.268 e. The first-order chi connectivity index (χ1) is 22.0. The molecule has 0 heterocycles. The van der Waals surface area contributed by atoms with Crippen molar-refractivity contribution in [1.82, 2.24) is 5.32 Å². The Labute approximate surface area is 284 Å². The first-order valence-electron chi connectivity index (χ1n) is 19.0. The van der Waals surface area contributed by atoms with Crippen LogP contribution in [0.25, 0.3) is 0 Å². The molecule has 0 saturated carbocycles. The summed E-state index contributed by atoms with van der Waals surface area (Å²) in [5.41, 5.74) is 0. The lowest BCUT2D eigenvalue weighted by molar-refractivity contribution is -0.870. The Morgan fingerprint density at radius 2 is 1.13 bits per heavy atom. The second-order valence-electron chi connectivity index (χ2n) is 14.4. The molecule has 0 aliphatic carbocycles. The van der Waals surface area contributed by atoms with E-state index in [1.165, 1.54) is 142 Å². The fourth-order valence-electron chi connectivity index (χ4n) is 5.54. The van der Waals surface area contributed by atoms with E-state index in [1.54, 1.807) is 6.08 Å². The van der Waals surface area contributed by atoms with Gasteiger partial charge >= 0.3 is 0 Å². The van der Waals surface area contributed by atoms with Gasteiger partial charge in [0, 0.05) is 6.92 Å². The number of aliphatic hydroxyl groups excluding tert-OH is 1. The fourth-order valence-corrected chi connectivity index (χ4v) is 6.26. The van der Waals surface area contributed by atoms with Crippen LogP contribution in [0, 0.1) is 0 Å². The average molecular weight is 675 g/mol. The fraction of sp³-hybridized carbons (Fsp3) is 0.919. The van der Waals surface area contributed by atoms with Crippen molar-refractivity contribution in [3.05, 3.63) is 12.2 Å². The number of amides is 1. The predicted octanol–water partition coefficient (Wildman–Crippen LogP) is 9.00. The number of quaternary nitrogens is 1. The van der Waals surface area contributed by atoms with E-state index in [0.717, 1.165) is 19.3 Å². The molecule has 0 aromatic heterocycles. The standard InChI is InChI=1S/C37H75N2O6P/c1-6-7-8-9-10-11-12-13-14-15-16-17-18-19-20-21-22-23-24-25-26-27-28-29-30-31-37(41)36(38-35(2)40)34-45-46(42,43)44-33-32-39(3,4)5/h30-31,36-37,41H,6-29,32-34H2,1-5H3,(H-,38,40,42,43)/b31-30+. The number of likely N-dealkylation sites (N-methyl/N-ethyl adjacent to an activating group) is 1. The summed E-state index contributed by atoms with van der Waals surface area (Å²) in [7, 11) is 1.25. The third-order valence-electron chi connectivity index (χ3n) is 8.53. The highest BCUT2D eigenvalue weighted by molar-refractivity contribution is 7.45. The zero-order valence-corrected chi connectivity index (χ0v) is 31.7. The zero-order valence-electron chi connectivity index (χ0n) is 30.8. The average Bonchev–Trinajstić information content (AvgIpc) is 2.98. The highest BCUT2D eigenvalue weighted by Crippen LogP contribution is 2.38. The Balaban J connectivity index is 3.70. The third kappa shape index (κ3) is 33.2. The van der Waals surface area contributed by atoms with Crippen LogP contribution in [0.2, 0.25) is 0 Å². The van der Waals surface area contributed by atoms with Crippen molar-refractivity contribution in [2.75, 3.05) is 40.9 Å². The van der Waals surface area contributed by atoms with Crippen molar-refractivity contribution in [3.63, 3.8) is 0 Å². The van der Waals surface area contributed by atoms with E-state index < -0.39 is 26.6 Å². The molecule has 0 aliphatic heterocycles. The number of nitrogens with one attached hydrogen (secondary N) is 1. The smallest absolute Gasteiger partial charge is 0.268 e. The Bertz CT molecular complexity index is 773. The topological polar surface area (TPSA) is 108 Å². The summed E-state index contributed by atoms with van der Waals surface area (Å²) >= 11 is 0. The number of aliphatic hydroxyl groups is 1. The first-order valence-corrected chi connectivity index (χ1v) is 20.5. The molecule has 0 aliphatic rings. The van der Waals surface area contributed by atoms with E-state index in [9.17, 15) is 19.4 Å². The quantitative estimate of drug-likeness (QED) is 0.0305. The molecule has 0 radical (unpaired) electrons. The summed E-state index contributed by atoms with van der Waals surface area (Å²) in [6.45, 7) is 3.70. The summed E-state index contributed by atoms with van der Waals surface area (Å²) in [5, 5.41) is 13.1.